The molecule has 1 saturated heterocycles. The molecule has 2 aromatic carbocycles. The lowest BCUT2D eigenvalue weighted by Crippen LogP contribution is -2.38. The number of para-hydroxylation sites is 2. The second kappa shape index (κ2) is 9.07. The van der Waals surface area contributed by atoms with E-state index in [1.807, 2.05) is 24.3 Å². The minimum absolute atomic E-state index is 0.0625. The van der Waals surface area contributed by atoms with E-state index in [-0.39, 0.29) is 30.6 Å². The first-order valence-corrected chi connectivity index (χ1v) is 10.4. The van der Waals surface area contributed by atoms with E-state index in [0.29, 0.717) is 49.0 Å². The van der Waals surface area contributed by atoms with Crippen molar-refractivity contribution in [3.8, 4) is 11.5 Å². The van der Waals surface area contributed by atoms with E-state index in [1.54, 1.807) is 28.0 Å². The molecule has 0 atom stereocenters. The molecule has 0 aromatic heterocycles. The average molecular weight is 423 g/mol. The molecule has 2 aliphatic rings. The highest BCUT2D eigenvalue weighted by Crippen LogP contribution is 2.34. The van der Waals surface area contributed by atoms with E-state index in [9.17, 15) is 14.4 Å². The number of carbonyl (C=O) groups excluding carboxylic acids is 3. The summed E-state index contributed by atoms with van der Waals surface area (Å²) in [7, 11) is 1.53. The number of hydrogen-bond acceptors (Lipinski definition) is 5. The molecular weight excluding hydrogens is 398 g/mol. The summed E-state index contributed by atoms with van der Waals surface area (Å²) in [6.45, 7) is 1.56. The van der Waals surface area contributed by atoms with Gasteiger partial charge in [0, 0.05) is 37.6 Å². The van der Waals surface area contributed by atoms with Crippen LogP contribution < -0.4 is 24.6 Å². The van der Waals surface area contributed by atoms with E-state index >= 15 is 0 Å². The van der Waals surface area contributed by atoms with Crippen molar-refractivity contribution in [3.05, 3.63) is 42.5 Å². The fourth-order valence-corrected chi connectivity index (χ4v) is 3.89. The molecule has 0 bridgehead atoms. The van der Waals surface area contributed by atoms with Crippen molar-refractivity contribution >= 4 is 34.8 Å². The lowest BCUT2D eigenvalue weighted by Gasteiger charge is -2.29. The molecule has 0 aliphatic carbocycles. The minimum Gasteiger partial charge on any atom is -0.494 e. The fraction of sp³-hybridized carbons (Fsp3) is 0.348. The highest BCUT2D eigenvalue weighted by atomic mass is 16.5. The number of rotatable bonds is 6. The third kappa shape index (κ3) is 4.47. The maximum atomic E-state index is 12.7. The molecule has 0 unspecified atom stereocenters. The van der Waals surface area contributed by atoms with Crippen LogP contribution in [-0.4, -0.2) is 44.5 Å². The molecule has 8 nitrogen and oxygen atoms in total. The molecular formula is C23H25N3O5. The third-order valence-corrected chi connectivity index (χ3v) is 5.42. The quantitative estimate of drug-likeness (QED) is 0.772. The molecule has 3 amide bonds. The maximum Gasteiger partial charge on any atom is 0.227 e. The first-order valence-electron chi connectivity index (χ1n) is 10.4. The summed E-state index contributed by atoms with van der Waals surface area (Å²) >= 11 is 0. The largest absolute Gasteiger partial charge is 0.494 e. The second-order valence-electron chi connectivity index (χ2n) is 7.45. The van der Waals surface area contributed by atoms with Crippen LogP contribution in [-0.2, 0) is 14.4 Å². The van der Waals surface area contributed by atoms with Crippen LogP contribution in [0.3, 0.4) is 0 Å². The van der Waals surface area contributed by atoms with Crippen molar-refractivity contribution in [2.24, 2.45) is 0 Å². The maximum absolute atomic E-state index is 12.7. The van der Waals surface area contributed by atoms with Gasteiger partial charge in [0.05, 0.1) is 25.0 Å². The van der Waals surface area contributed by atoms with Gasteiger partial charge < -0.3 is 24.6 Å². The van der Waals surface area contributed by atoms with Crippen LogP contribution in [0.4, 0.5) is 17.1 Å². The molecule has 162 valence electrons. The standard InChI is InChI=1S/C23H25N3O5/c1-30-20-15-16(8-9-18(20)25-12-4-7-22(25)28)24-21(27)10-11-23(29)26-13-14-31-19-6-3-2-5-17(19)26/h2-3,5-6,8-9,15H,4,7,10-14H2,1H3,(H,24,27). The number of anilines is 3. The summed E-state index contributed by atoms with van der Waals surface area (Å²) in [6.07, 6.45) is 1.51. The normalized spacial score (nSPS) is 15.3. The first-order chi connectivity index (χ1) is 15.1. The van der Waals surface area contributed by atoms with Crippen LogP contribution in [0.5, 0.6) is 11.5 Å². The van der Waals surface area contributed by atoms with Gasteiger partial charge in [-0.25, -0.2) is 0 Å². The number of benzene rings is 2. The Balaban J connectivity index is 1.36. The van der Waals surface area contributed by atoms with Gasteiger partial charge in [-0.3, -0.25) is 14.4 Å². The summed E-state index contributed by atoms with van der Waals surface area (Å²) in [5.74, 6) is 0.885. The van der Waals surface area contributed by atoms with E-state index in [1.165, 1.54) is 7.11 Å². The zero-order valence-electron chi connectivity index (χ0n) is 17.4. The molecule has 0 radical (unpaired) electrons. The lowest BCUT2D eigenvalue weighted by molar-refractivity contribution is -0.122. The first kappa shape index (κ1) is 20.7. The Morgan fingerprint density at radius 2 is 1.94 bits per heavy atom. The monoisotopic (exact) mass is 423 g/mol. The van der Waals surface area contributed by atoms with Gasteiger partial charge in [-0.05, 0) is 30.7 Å². The summed E-state index contributed by atoms with van der Waals surface area (Å²) in [5.41, 5.74) is 1.99. The van der Waals surface area contributed by atoms with E-state index in [0.717, 1.165) is 12.1 Å². The zero-order chi connectivity index (χ0) is 21.8. The molecule has 2 heterocycles. The summed E-state index contributed by atoms with van der Waals surface area (Å²) in [5, 5.41) is 2.81. The van der Waals surface area contributed by atoms with Crippen LogP contribution in [0.15, 0.2) is 42.5 Å². The van der Waals surface area contributed by atoms with E-state index < -0.39 is 0 Å². The number of amides is 3. The fourth-order valence-electron chi connectivity index (χ4n) is 3.89. The molecule has 8 heteroatoms. The lowest BCUT2D eigenvalue weighted by atomic mass is 10.2. The van der Waals surface area contributed by atoms with Gasteiger partial charge in [0.1, 0.15) is 18.1 Å². The van der Waals surface area contributed by atoms with Crippen molar-refractivity contribution < 1.29 is 23.9 Å². The van der Waals surface area contributed by atoms with Crippen molar-refractivity contribution in [1.82, 2.24) is 0 Å². The molecule has 2 aliphatic heterocycles. The number of fused-ring (bicyclic) bond motifs is 1. The number of carbonyl (C=O) groups is 3. The van der Waals surface area contributed by atoms with Gasteiger partial charge in [0.2, 0.25) is 17.7 Å². The molecule has 0 spiro atoms. The van der Waals surface area contributed by atoms with Crippen molar-refractivity contribution in [2.75, 3.05) is 41.9 Å². The number of ether oxygens (including phenoxy) is 2. The Kier molecular flexibility index (Phi) is 6.06. The number of hydrogen-bond donors (Lipinski definition) is 1. The summed E-state index contributed by atoms with van der Waals surface area (Å²) in [4.78, 5) is 40.5. The molecule has 0 saturated carbocycles. The van der Waals surface area contributed by atoms with Gasteiger partial charge in [-0.15, -0.1) is 0 Å². The van der Waals surface area contributed by atoms with Gasteiger partial charge in [0.25, 0.3) is 0 Å². The summed E-state index contributed by atoms with van der Waals surface area (Å²) in [6, 6.07) is 12.6. The predicted octanol–water partition coefficient (Wildman–Crippen LogP) is 2.97. The minimum atomic E-state index is -0.262. The van der Waals surface area contributed by atoms with Gasteiger partial charge >= 0.3 is 0 Å². The van der Waals surface area contributed by atoms with Gasteiger partial charge in [-0.1, -0.05) is 12.1 Å². The van der Waals surface area contributed by atoms with Crippen molar-refractivity contribution in [2.45, 2.75) is 25.7 Å². The third-order valence-electron chi connectivity index (χ3n) is 5.42. The van der Waals surface area contributed by atoms with E-state index in [2.05, 4.69) is 5.32 Å². The Morgan fingerprint density at radius 1 is 1.10 bits per heavy atom. The van der Waals surface area contributed by atoms with Gasteiger partial charge in [0.15, 0.2) is 0 Å². The van der Waals surface area contributed by atoms with Crippen LogP contribution >= 0.6 is 0 Å². The van der Waals surface area contributed by atoms with Crippen molar-refractivity contribution in [3.63, 3.8) is 0 Å². The molecule has 31 heavy (non-hydrogen) atoms. The molecule has 1 fully saturated rings. The highest BCUT2D eigenvalue weighted by Gasteiger charge is 2.25. The van der Waals surface area contributed by atoms with Crippen LogP contribution in [0.2, 0.25) is 0 Å². The predicted molar refractivity (Wildman–Crippen MR) is 117 cm³/mol. The number of nitrogens with zero attached hydrogens (tertiary/aromatic N) is 2. The molecule has 4 rings (SSSR count). The Bertz CT molecular complexity index is 1010. The Labute approximate surface area is 180 Å². The topological polar surface area (TPSA) is 88.2 Å². The van der Waals surface area contributed by atoms with Gasteiger partial charge in [-0.2, -0.15) is 0 Å². The van der Waals surface area contributed by atoms with Crippen LogP contribution in [0, 0.1) is 0 Å². The number of nitrogens with one attached hydrogen (secondary N) is 1. The molecule has 2 aromatic rings. The summed E-state index contributed by atoms with van der Waals surface area (Å²) < 4.78 is 11.0. The molecule has 1 N–H and O–H groups in total. The van der Waals surface area contributed by atoms with Crippen LogP contribution in [0.25, 0.3) is 0 Å². The van der Waals surface area contributed by atoms with Crippen molar-refractivity contribution in [1.29, 1.82) is 0 Å². The average Bonchev–Trinajstić information content (AvgIpc) is 3.22. The SMILES string of the molecule is COc1cc(NC(=O)CCC(=O)N2CCOc3ccccc32)ccc1N1CCCC1=O. The Morgan fingerprint density at radius 3 is 2.71 bits per heavy atom. The van der Waals surface area contributed by atoms with E-state index in [4.69, 9.17) is 9.47 Å². The van der Waals surface area contributed by atoms with Crippen LogP contribution in [0.1, 0.15) is 25.7 Å². The zero-order valence-corrected chi connectivity index (χ0v) is 17.4. The smallest absolute Gasteiger partial charge is 0.227 e. The second-order valence-corrected chi connectivity index (χ2v) is 7.45. The Hall–Kier alpha value is -3.55. The number of methoxy groups -OCH3 is 1. The highest BCUT2D eigenvalue weighted by molar-refractivity contribution is 6.00.